The molecule has 106 valence electrons. The molecular formula is C13H13F2N3O2. The van der Waals surface area contributed by atoms with E-state index >= 15 is 0 Å². The summed E-state index contributed by atoms with van der Waals surface area (Å²) in [7, 11) is 1.45. The number of halogens is 2. The van der Waals surface area contributed by atoms with Crippen LogP contribution in [-0.2, 0) is 6.54 Å². The number of nitrogens with zero attached hydrogens (tertiary/aromatic N) is 2. The van der Waals surface area contributed by atoms with E-state index in [1.807, 2.05) is 0 Å². The summed E-state index contributed by atoms with van der Waals surface area (Å²) in [4.78, 5) is 13.3. The summed E-state index contributed by atoms with van der Waals surface area (Å²) in [6.45, 7) is 1.83. The zero-order chi connectivity index (χ0) is 14.9. The van der Waals surface area contributed by atoms with Gasteiger partial charge in [0.1, 0.15) is 17.3 Å². The molecule has 1 amide bonds. The van der Waals surface area contributed by atoms with Gasteiger partial charge >= 0.3 is 0 Å². The fourth-order valence-electron chi connectivity index (χ4n) is 1.78. The van der Waals surface area contributed by atoms with Gasteiger partial charge in [-0.3, -0.25) is 4.79 Å². The van der Waals surface area contributed by atoms with Crippen LogP contribution in [0.4, 0.5) is 14.5 Å². The molecule has 5 nitrogen and oxygen atoms in total. The Kier molecular flexibility index (Phi) is 3.69. The number of hydrogen-bond donors (Lipinski definition) is 1. The normalized spacial score (nSPS) is 10.6. The predicted molar refractivity (Wildman–Crippen MR) is 67.8 cm³/mol. The zero-order valence-corrected chi connectivity index (χ0v) is 11.0. The topological polar surface area (TPSA) is 72.4 Å². The molecule has 0 spiro atoms. The van der Waals surface area contributed by atoms with Crippen LogP contribution in [0, 0.1) is 18.6 Å². The van der Waals surface area contributed by atoms with Crippen molar-refractivity contribution in [2.45, 2.75) is 13.5 Å². The number of anilines is 1. The van der Waals surface area contributed by atoms with Gasteiger partial charge in [0, 0.05) is 13.1 Å². The summed E-state index contributed by atoms with van der Waals surface area (Å²) in [6.07, 6.45) is 0. The SMILES string of the molecule is Cc1cc(CN(C)C(=O)c2cc(F)cc(N)c2F)no1. The summed E-state index contributed by atoms with van der Waals surface area (Å²) < 4.78 is 31.8. The number of rotatable bonds is 3. The molecule has 0 aliphatic carbocycles. The minimum atomic E-state index is -0.931. The first-order valence-corrected chi connectivity index (χ1v) is 5.80. The minimum absolute atomic E-state index is 0.117. The molecule has 1 aromatic carbocycles. The number of nitrogen functional groups attached to an aromatic ring is 1. The number of carbonyl (C=O) groups is 1. The third-order valence-corrected chi connectivity index (χ3v) is 2.72. The second kappa shape index (κ2) is 5.28. The fraction of sp³-hybridized carbons (Fsp3) is 0.231. The molecule has 0 aliphatic heterocycles. The number of benzene rings is 1. The number of amides is 1. The molecule has 2 rings (SSSR count). The van der Waals surface area contributed by atoms with Crippen LogP contribution >= 0.6 is 0 Å². The standard InChI is InChI=1S/C13H13F2N3O2/c1-7-3-9(17-20-7)6-18(2)13(19)10-4-8(14)5-11(16)12(10)15/h3-5H,6,16H2,1-2H3. The van der Waals surface area contributed by atoms with E-state index in [2.05, 4.69) is 5.16 Å². The summed E-state index contributed by atoms with van der Waals surface area (Å²) in [6, 6.07) is 3.30. The van der Waals surface area contributed by atoms with Crippen LogP contribution in [0.3, 0.4) is 0 Å². The van der Waals surface area contributed by atoms with Gasteiger partial charge in [-0.25, -0.2) is 8.78 Å². The lowest BCUT2D eigenvalue weighted by Crippen LogP contribution is -2.27. The van der Waals surface area contributed by atoms with Crippen LogP contribution < -0.4 is 5.73 Å². The van der Waals surface area contributed by atoms with Gasteiger partial charge in [-0.1, -0.05) is 5.16 Å². The summed E-state index contributed by atoms with van der Waals surface area (Å²) in [5.41, 5.74) is 5.00. The third-order valence-electron chi connectivity index (χ3n) is 2.72. The van der Waals surface area contributed by atoms with E-state index in [0.29, 0.717) is 11.5 Å². The van der Waals surface area contributed by atoms with Gasteiger partial charge in [-0.2, -0.15) is 0 Å². The van der Waals surface area contributed by atoms with Crippen molar-refractivity contribution in [2.75, 3.05) is 12.8 Å². The Balaban J connectivity index is 2.22. The molecule has 0 saturated carbocycles. The molecule has 0 unspecified atom stereocenters. The second-order valence-corrected chi connectivity index (χ2v) is 4.45. The van der Waals surface area contributed by atoms with Crippen LogP contribution in [0.25, 0.3) is 0 Å². The van der Waals surface area contributed by atoms with Crippen LogP contribution in [0.1, 0.15) is 21.8 Å². The average Bonchev–Trinajstić information content (AvgIpc) is 2.78. The van der Waals surface area contributed by atoms with Crippen molar-refractivity contribution in [3.63, 3.8) is 0 Å². The monoisotopic (exact) mass is 281 g/mol. The van der Waals surface area contributed by atoms with Crippen molar-refractivity contribution in [3.05, 3.63) is 46.9 Å². The lowest BCUT2D eigenvalue weighted by atomic mass is 10.1. The van der Waals surface area contributed by atoms with Gasteiger partial charge in [0.25, 0.3) is 5.91 Å². The van der Waals surface area contributed by atoms with Crippen LogP contribution in [0.15, 0.2) is 22.7 Å². The molecule has 1 aromatic heterocycles. The molecule has 0 atom stereocenters. The van der Waals surface area contributed by atoms with E-state index in [4.69, 9.17) is 10.3 Å². The molecule has 20 heavy (non-hydrogen) atoms. The summed E-state index contributed by atoms with van der Waals surface area (Å²) in [5.74, 6) is -1.78. The molecule has 0 fully saturated rings. The van der Waals surface area contributed by atoms with E-state index in [-0.39, 0.29) is 6.54 Å². The number of nitrogens with two attached hydrogens (primary N) is 1. The molecule has 2 aromatic rings. The Morgan fingerprint density at radius 3 is 2.70 bits per heavy atom. The van der Waals surface area contributed by atoms with Gasteiger partial charge in [-0.05, 0) is 19.1 Å². The van der Waals surface area contributed by atoms with Crippen LogP contribution in [0.2, 0.25) is 0 Å². The molecule has 0 bridgehead atoms. The van der Waals surface area contributed by atoms with Crippen molar-refractivity contribution < 1.29 is 18.1 Å². The maximum Gasteiger partial charge on any atom is 0.257 e. The number of aryl methyl sites for hydroxylation is 1. The Hall–Kier alpha value is -2.44. The molecule has 7 heteroatoms. The first-order valence-electron chi connectivity index (χ1n) is 5.80. The highest BCUT2D eigenvalue weighted by Crippen LogP contribution is 2.19. The first-order chi connectivity index (χ1) is 9.38. The molecule has 1 heterocycles. The largest absolute Gasteiger partial charge is 0.396 e. The van der Waals surface area contributed by atoms with E-state index in [1.165, 1.54) is 11.9 Å². The molecule has 0 aliphatic rings. The zero-order valence-electron chi connectivity index (χ0n) is 11.0. The number of aromatic nitrogens is 1. The van der Waals surface area contributed by atoms with Crippen molar-refractivity contribution in [2.24, 2.45) is 0 Å². The smallest absolute Gasteiger partial charge is 0.257 e. The van der Waals surface area contributed by atoms with Gasteiger partial charge in [-0.15, -0.1) is 0 Å². The highest BCUT2D eigenvalue weighted by atomic mass is 19.1. The summed E-state index contributed by atoms with van der Waals surface area (Å²) in [5, 5.41) is 3.73. The van der Waals surface area contributed by atoms with Crippen molar-refractivity contribution >= 4 is 11.6 Å². The maximum atomic E-state index is 13.8. The first kappa shape index (κ1) is 14.0. The van der Waals surface area contributed by atoms with Crippen LogP contribution in [0.5, 0.6) is 0 Å². The molecule has 0 saturated heterocycles. The van der Waals surface area contributed by atoms with E-state index in [1.54, 1.807) is 13.0 Å². The number of hydrogen-bond acceptors (Lipinski definition) is 4. The highest BCUT2D eigenvalue weighted by molar-refractivity contribution is 5.95. The van der Waals surface area contributed by atoms with Gasteiger partial charge in [0.2, 0.25) is 0 Å². The Morgan fingerprint density at radius 2 is 2.10 bits per heavy atom. The van der Waals surface area contributed by atoms with Crippen molar-refractivity contribution in [1.29, 1.82) is 0 Å². The molecular weight excluding hydrogens is 268 g/mol. The predicted octanol–water partition coefficient (Wildman–Crippen LogP) is 2.12. The van der Waals surface area contributed by atoms with Gasteiger partial charge < -0.3 is 15.2 Å². The lowest BCUT2D eigenvalue weighted by molar-refractivity contribution is 0.0777. The van der Waals surface area contributed by atoms with E-state index in [9.17, 15) is 13.6 Å². The quantitative estimate of drug-likeness (QED) is 0.875. The molecule has 2 N–H and O–H groups in total. The van der Waals surface area contributed by atoms with Crippen LogP contribution in [-0.4, -0.2) is 23.0 Å². The van der Waals surface area contributed by atoms with Crippen molar-refractivity contribution in [3.8, 4) is 0 Å². The summed E-state index contributed by atoms with van der Waals surface area (Å²) >= 11 is 0. The van der Waals surface area contributed by atoms with Gasteiger partial charge in [0.05, 0.1) is 17.8 Å². The Labute approximate surface area is 114 Å². The van der Waals surface area contributed by atoms with E-state index in [0.717, 1.165) is 12.1 Å². The fourth-order valence-corrected chi connectivity index (χ4v) is 1.78. The maximum absolute atomic E-state index is 13.8. The van der Waals surface area contributed by atoms with Crippen molar-refractivity contribution in [1.82, 2.24) is 10.1 Å². The minimum Gasteiger partial charge on any atom is -0.396 e. The van der Waals surface area contributed by atoms with Gasteiger partial charge in [0.15, 0.2) is 5.82 Å². The third kappa shape index (κ3) is 2.76. The Bertz CT molecular complexity index is 655. The molecule has 0 radical (unpaired) electrons. The second-order valence-electron chi connectivity index (χ2n) is 4.45. The Morgan fingerprint density at radius 1 is 1.40 bits per heavy atom. The number of carbonyl (C=O) groups excluding carboxylic acids is 1. The highest BCUT2D eigenvalue weighted by Gasteiger charge is 2.20. The average molecular weight is 281 g/mol. The lowest BCUT2D eigenvalue weighted by Gasteiger charge is -2.16. The van der Waals surface area contributed by atoms with E-state index < -0.39 is 28.8 Å².